The average Bonchev–Trinajstić information content (AvgIpc) is 2.46. The Morgan fingerprint density at radius 1 is 0.864 bits per heavy atom. The van der Waals surface area contributed by atoms with E-state index in [-0.39, 0.29) is 6.42 Å². The van der Waals surface area contributed by atoms with Gasteiger partial charge in [0.25, 0.3) is 0 Å². The van der Waals surface area contributed by atoms with Gasteiger partial charge < -0.3 is 9.90 Å². The van der Waals surface area contributed by atoms with Crippen molar-refractivity contribution in [2.75, 3.05) is 20.6 Å². The van der Waals surface area contributed by atoms with Gasteiger partial charge in [0.05, 0.1) is 20.6 Å². The van der Waals surface area contributed by atoms with Crippen LogP contribution in [0.4, 0.5) is 0 Å². The third-order valence-electron chi connectivity index (χ3n) is 3.85. The molecule has 5 nitrogen and oxygen atoms in total. The number of carbonyl (C=O) groups excluding carboxylic acids is 1. The number of carbonyl (C=O) groups is 1. The molecule has 0 spiro atoms. The van der Waals surface area contributed by atoms with Gasteiger partial charge in [-0.1, -0.05) is 57.8 Å². The molecule has 0 rings (SSSR count). The number of nitrogens with two attached hydrogens (primary N) is 1. The summed E-state index contributed by atoms with van der Waals surface area (Å²) in [6.07, 6.45) is 13.3. The lowest BCUT2D eigenvalue weighted by molar-refractivity contribution is -0.467. The highest BCUT2D eigenvalue weighted by molar-refractivity contribution is 5.72. The summed E-state index contributed by atoms with van der Waals surface area (Å²) in [5.74, 6) is -0.183. The van der Waals surface area contributed by atoms with Crippen LogP contribution in [-0.4, -0.2) is 37.1 Å². The first kappa shape index (κ1) is 20.7. The van der Waals surface area contributed by atoms with Gasteiger partial charge in [-0.2, -0.15) is 0 Å². The van der Waals surface area contributed by atoms with Crippen molar-refractivity contribution in [1.29, 1.82) is 0 Å². The summed E-state index contributed by atoms with van der Waals surface area (Å²) in [7, 11) is 3.87. The number of carboxylic acid groups (broad SMARTS) is 1. The molecule has 130 valence electrons. The van der Waals surface area contributed by atoms with Crippen molar-refractivity contribution in [1.82, 2.24) is 5.32 Å². The summed E-state index contributed by atoms with van der Waals surface area (Å²) in [5, 5.41) is 13.4. The molecule has 0 fully saturated rings. The molecule has 0 saturated heterocycles. The van der Waals surface area contributed by atoms with Gasteiger partial charge in [-0.25, -0.2) is 0 Å². The third kappa shape index (κ3) is 15.1. The zero-order valence-electron chi connectivity index (χ0n) is 14.5. The lowest BCUT2D eigenvalue weighted by Crippen LogP contribution is -2.38. The number of carboxylic acids is 1. The van der Waals surface area contributed by atoms with E-state index in [0.29, 0.717) is 0 Å². The van der Waals surface area contributed by atoms with E-state index in [1.807, 2.05) is 18.7 Å². The van der Waals surface area contributed by atoms with E-state index in [1.54, 1.807) is 0 Å². The third-order valence-corrected chi connectivity index (χ3v) is 3.85. The first-order valence-electron chi connectivity index (χ1n) is 8.77. The molecule has 0 bridgehead atoms. The van der Waals surface area contributed by atoms with Crippen molar-refractivity contribution in [3.8, 4) is 0 Å². The summed E-state index contributed by atoms with van der Waals surface area (Å²) in [4.78, 5) is 10.2. The highest BCUT2D eigenvalue weighted by Gasteiger charge is 1.99. The number of nitrogens with one attached hydrogen (secondary N) is 1. The van der Waals surface area contributed by atoms with E-state index in [2.05, 4.69) is 5.32 Å². The van der Waals surface area contributed by atoms with Crippen molar-refractivity contribution in [3.63, 3.8) is 0 Å². The van der Waals surface area contributed by atoms with Crippen molar-refractivity contribution < 1.29 is 14.5 Å². The first-order chi connectivity index (χ1) is 10.5. The molecular formula is C17H35N3O2. The minimum absolute atomic E-state index is 0.215. The zero-order valence-corrected chi connectivity index (χ0v) is 14.5. The Bertz CT molecular complexity index is 313. The minimum atomic E-state index is -0.919. The number of hydrogen-bond donors (Lipinski definition) is 2. The van der Waals surface area contributed by atoms with Gasteiger partial charge in [0, 0.05) is 5.97 Å². The second-order valence-corrected chi connectivity index (χ2v) is 6.22. The van der Waals surface area contributed by atoms with Crippen LogP contribution < -0.4 is 16.2 Å². The Balaban J connectivity index is 3.12. The molecular weight excluding hydrogens is 278 g/mol. The van der Waals surface area contributed by atoms with Crippen LogP contribution >= 0.6 is 0 Å². The quantitative estimate of drug-likeness (QED) is 0.221. The van der Waals surface area contributed by atoms with E-state index in [4.69, 9.17) is 5.73 Å². The summed E-state index contributed by atoms with van der Waals surface area (Å²) >= 11 is 0. The molecule has 0 atom stereocenters. The Hall–Kier alpha value is -1.26. The summed E-state index contributed by atoms with van der Waals surface area (Å²) in [6.45, 7) is 0.954. The van der Waals surface area contributed by atoms with Crippen molar-refractivity contribution >= 4 is 11.9 Å². The molecule has 22 heavy (non-hydrogen) atoms. The second kappa shape index (κ2) is 14.7. The van der Waals surface area contributed by atoms with Crippen LogP contribution in [0.25, 0.3) is 0 Å². The zero-order chi connectivity index (χ0) is 16.6. The first-order valence-corrected chi connectivity index (χ1v) is 8.77. The van der Waals surface area contributed by atoms with Crippen LogP contribution in [0.5, 0.6) is 0 Å². The maximum Gasteiger partial charge on any atom is 0.342 e. The summed E-state index contributed by atoms with van der Waals surface area (Å²) < 4.78 is 1.89. The van der Waals surface area contributed by atoms with E-state index in [9.17, 15) is 9.90 Å². The molecule has 0 aliphatic carbocycles. The van der Waals surface area contributed by atoms with E-state index >= 15 is 0 Å². The van der Waals surface area contributed by atoms with Crippen LogP contribution in [-0.2, 0) is 4.79 Å². The number of nitrogens with zero attached hydrogens (tertiary/aromatic N) is 1. The van der Waals surface area contributed by atoms with Crippen LogP contribution in [0.3, 0.4) is 0 Å². The molecule has 0 heterocycles. The largest absolute Gasteiger partial charge is 0.550 e. The van der Waals surface area contributed by atoms with E-state index in [1.165, 1.54) is 51.4 Å². The Morgan fingerprint density at radius 3 is 1.68 bits per heavy atom. The van der Waals surface area contributed by atoms with Gasteiger partial charge in [-0.15, -0.1) is 0 Å². The predicted octanol–water partition coefficient (Wildman–Crippen LogP) is 1.59. The van der Waals surface area contributed by atoms with Crippen LogP contribution in [0, 0.1) is 0 Å². The fraction of sp³-hybridized carbons (Fsp3) is 0.882. The summed E-state index contributed by atoms with van der Waals surface area (Å²) in [5.41, 5.74) is 5.77. The Kier molecular flexibility index (Phi) is 13.8. The van der Waals surface area contributed by atoms with E-state index in [0.717, 1.165) is 31.8 Å². The Morgan fingerprint density at radius 2 is 1.27 bits per heavy atom. The highest BCUT2D eigenvalue weighted by Crippen LogP contribution is 2.11. The lowest BCUT2D eigenvalue weighted by atomic mass is 10.1. The molecule has 0 aliphatic rings. The second-order valence-electron chi connectivity index (χ2n) is 6.22. The maximum absolute atomic E-state index is 10.2. The van der Waals surface area contributed by atoms with Gasteiger partial charge in [0.15, 0.2) is 0 Å². The standard InChI is InChI=1S/C17H35N3O2/c1-20(2)17(18)19-15-13-11-9-7-5-3-4-6-8-10-12-14-16(21)22/h3-15H2,1-2H3,(H3,18,19,21,22). The topological polar surface area (TPSA) is 81.2 Å². The SMILES string of the molecule is C[N+](C)=C(N)NCCCCCCCCCCCCCC(=O)[O-]. The van der Waals surface area contributed by atoms with Crippen molar-refractivity contribution in [2.24, 2.45) is 5.73 Å². The Labute approximate surface area is 136 Å². The number of guanidine groups is 1. The minimum Gasteiger partial charge on any atom is -0.550 e. The van der Waals surface area contributed by atoms with Gasteiger partial charge in [0.1, 0.15) is 0 Å². The van der Waals surface area contributed by atoms with Crippen LogP contribution in [0.2, 0.25) is 0 Å². The molecule has 0 radical (unpaired) electrons. The van der Waals surface area contributed by atoms with Crippen LogP contribution in [0.1, 0.15) is 77.0 Å². The molecule has 0 saturated carbocycles. The molecule has 5 heteroatoms. The number of hydrogen-bond acceptors (Lipinski definition) is 2. The number of unbranched alkanes of at least 4 members (excludes halogenated alkanes) is 10. The molecule has 0 aromatic heterocycles. The fourth-order valence-electron chi connectivity index (χ4n) is 2.36. The normalized spacial score (nSPS) is 10.5. The van der Waals surface area contributed by atoms with Gasteiger partial charge in [-0.05, 0) is 19.3 Å². The molecule has 0 unspecified atom stereocenters. The van der Waals surface area contributed by atoms with Gasteiger partial charge >= 0.3 is 5.96 Å². The molecule has 0 aromatic carbocycles. The van der Waals surface area contributed by atoms with Crippen molar-refractivity contribution in [3.05, 3.63) is 0 Å². The van der Waals surface area contributed by atoms with Gasteiger partial charge in [0.2, 0.25) is 0 Å². The molecule has 0 aromatic rings. The number of aliphatic carboxylic acids is 1. The average molecular weight is 313 g/mol. The molecule has 0 amide bonds. The monoisotopic (exact) mass is 313 g/mol. The highest BCUT2D eigenvalue weighted by atomic mass is 16.4. The smallest absolute Gasteiger partial charge is 0.342 e. The predicted molar refractivity (Wildman–Crippen MR) is 89.7 cm³/mol. The van der Waals surface area contributed by atoms with Crippen LogP contribution in [0.15, 0.2) is 0 Å². The number of rotatable bonds is 14. The maximum atomic E-state index is 10.2. The van der Waals surface area contributed by atoms with Crippen molar-refractivity contribution in [2.45, 2.75) is 77.0 Å². The van der Waals surface area contributed by atoms with Gasteiger partial charge in [-0.3, -0.25) is 15.6 Å². The summed E-state index contributed by atoms with van der Waals surface area (Å²) in [6, 6.07) is 0. The molecule has 3 N–H and O–H groups in total. The lowest BCUT2D eigenvalue weighted by Gasteiger charge is -2.04. The van der Waals surface area contributed by atoms with E-state index < -0.39 is 5.97 Å². The molecule has 0 aliphatic heterocycles. The fourth-order valence-corrected chi connectivity index (χ4v) is 2.36.